The monoisotopic (exact) mass is 137 g/mol. The molecule has 0 aliphatic heterocycles. The fourth-order valence-corrected chi connectivity index (χ4v) is 0.101. The van der Waals surface area contributed by atoms with Crippen molar-refractivity contribution in [3.63, 3.8) is 0 Å². The maximum absolute atomic E-state index is 9.84. The first-order valence-corrected chi connectivity index (χ1v) is 1.75. The molecule has 0 fully saturated rings. The van der Waals surface area contributed by atoms with Gasteiger partial charge in [0.05, 0.1) is 11.5 Å². The van der Waals surface area contributed by atoms with Gasteiger partial charge < -0.3 is 15.6 Å². The molecule has 0 aliphatic rings. The molecule has 0 rings (SSSR count). The summed E-state index contributed by atoms with van der Waals surface area (Å²) in [5.41, 5.74) is 3.77. The number of carbonyl (C=O) groups is 2. The molecule has 0 heterocycles. The van der Waals surface area contributed by atoms with Gasteiger partial charge in [-0.05, 0) is 0 Å². The summed E-state index contributed by atoms with van der Waals surface area (Å²) in [5.74, 6) is -2.69. The fraction of sp³-hybridized carbons (Fsp3) is 0. The number of carboxylic acids is 1. The molecule has 0 atom stereocenters. The number of primary amides is 1. The Hall–Kier alpha value is -0.320. The summed E-state index contributed by atoms with van der Waals surface area (Å²) in [6.45, 7) is 2.82. The molecule has 1 amide bonds. The van der Waals surface area contributed by atoms with E-state index >= 15 is 0 Å². The summed E-state index contributed by atoms with van der Waals surface area (Å²) in [4.78, 5) is 19.5. The van der Waals surface area contributed by atoms with E-state index in [0.717, 1.165) is 0 Å². The van der Waals surface area contributed by atoms with Gasteiger partial charge in [0.25, 0.3) is 0 Å². The molecule has 2 N–H and O–H groups in total. The van der Waals surface area contributed by atoms with Crippen LogP contribution in [-0.4, -0.2) is 11.9 Å². The zero-order valence-corrected chi connectivity index (χ0v) is 7.01. The molecule has 0 saturated heterocycles. The Morgan fingerprint density at radius 2 is 1.78 bits per heavy atom. The number of carboxylic acid groups (broad SMARTS) is 1. The van der Waals surface area contributed by atoms with Gasteiger partial charge in [0.1, 0.15) is 0 Å². The van der Waals surface area contributed by atoms with Gasteiger partial charge in [-0.15, -0.1) is 0 Å². The number of carbonyl (C=O) groups excluding carboxylic acids is 2. The SMILES string of the molecule is C=C(C(N)=O)C(=O)[O-].[Na+]. The van der Waals surface area contributed by atoms with E-state index in [-0.39, 0.29) is 29.6 Å². The van der Waals surface area contributed by atoms with Crippen molar-refractivity contribution in [1.82, 2.24) is 0 Å². The second-order valence-corrected chi connectivity index (χ2v) is 1.13. The first-order valence-electron chi connectivity index (χ1n) is 1.75. The van der Waals surface area contributed by atoms with E-state index < -0.39 is 17.4 Å². The first kappa shape index (κ1) is 11.5. The zero-order valence-electron chi connectivity index (χ0n) is 5.01. The molecule has 0 spiro atoms. The summed E-state index contributed by atoms with van der Waals surface area (Å²) in [6.07, 6.45) is 0. The topological polar surface area (TPSA) is 83.2 Å². The van der Waals surface area contributed by atoms with Crippen molar-refractivity contribution in [1.29, 1.82) is 0 Å². The third-order valence-corrected chi connectivity index (χ3v) is 0.544. The molecule has 0 saturated carbocycles. The van der Waals surface area contributed by atoms with Gasteiger partial charge in [-0.25, -0.2) is 0 Å². The number of amides is 1. The molecular weight excluding hydrogens is 133 g/mol. The van der Waals surface area contributed by atoms with E-state index in [2.05, 4.69) is 12.3 Å². The van der Waals surface area contributed by atoms with E-state index in [0.29, 0.717) is 0 Å². The average molecular weight is 137 g/mol. The Kier molecular flexibility index (Phi) is 5.80. The van der Waals surface area contributed by atoms with Gasteiger partial charge in [-0.1, -0.05) is 6.58 Å². The number of aliphatic carboxylic acids is 1. The molecule has 0 bridgehead atoms. The summed E-state index contributed by atoms with van der Waals surface area (Å²) in [7, 11) is 0. The largest absolute Gasteiger partial charge is 1.00 e. The second kappa shape index (κ2) is 4.55. The molecule has 0 aromatic heterocycles. The van der Waals surface area contributed by atoms with Crippen LogP contribution in [0.5, 0.6) is 0 Å². The number of hydrogen-bond donors (Lipinski definition) is 1. The van der Waals surface area contributed by atoms with E-state index in [1.54, 1.807) is 0 Å². The summed E-state index contributed by atoms with van der Waals surface area (Å²) < 4.78 is 0. The van der Waals surface area contributed by atoms with Crippen LogP contribution in [0.3, 0.4) is 0 Å². The van der Waals surface area contributed by atoms with Crippen molar-refractivity contribution >= 4 is 11.9 Å². The van der Waals surface area contributed by atoms with Crippen molar-refractivity contribution in [2.45, 2.75) is 0 Å². The molecule has 0 unspecified atom stereocenters. The van der Waals surface area contributed by atoms with Crippen LogP contribution in [0.25, 0.3) is 0 Å². The molecular formula is C4H4NNaO3. The summed E-state index contributed by atoms with van der Waals surface area (Å²) in [5, 5.41) is 9.63. The van der Waals surface area contributed by atoms with Crippen LogP contribution < -0.4 is 40.4 Å². The molecule has 9 heavy (non-hydrogen) atoms. The molecule has 0 aliphatic carbocycles. The molecule has 0 aromatic rings. The van der Waals surface area contributed by atoms with Crippen LogP contribution in [0.1, 0.15) is 0 Å². The Morgan fingerprint density at radius 3 is 1.78 bits per heavy atom. The molecule has 4 nitrogen and oxygen atoms in total. The third kappa shape index (κ3) is 4.20. The van der Waals surface area contributed by atoms with Gasteiger partial charge in [0.2, 0.25) is 5.91 Å². The minimum absolute atomic E-state index is 0. The summed E-state index contributed by atoms with van der Waals surface area (Å²) in [6, 6.07) is 0. The molecule has 0 aromatic carbocycles. The number of rotatable bonds is 2. The van der Waals surface area contributed by atoms with Crippen LogP contribution in [0.2, 0.25) is 0 Å². The van der Waals surface area contributed by atoms with Crippen molar-refractivity contribution in [3.8, 4) is 0 Å². The Morgan fingerprint density at radius 1 is 1.44 bits per heavy atom. The Bertz CT molecular complexity index is 138. The third-order valence-electron chi connectivity index (χ3n) is 0.544. The number of nitrogens with two attached hydrogens (primary N) is 1. The average Bonchev–Trinajstić information content (AvgIpc) is 1.64. The first-order chi connectivity index (χ1) is 3.55. The van der Waals surface area contributed by atoms with Crippen LogP contribution in [0.15, 0.2) is 12.2 Å². The smallest absolute Gasteiger partial charge is 0.545 e. The fourth-order valence-electron chi connectivity index (χ4n) is 0.101. The van der Waals surface area contributed by atoms with Crippen molar-refractivity contribution in [2.24, 2.45) is 5.73 Å². The van der Waals surface area contributed by atoms with Crippen molar-refractivity contribution < 1.29 is 44.3 Å². The van der Waals surface area contributed by atoms with Gasteiger partial charge in [0.15, 0.2) is 0 Å². The van der Waals surface area contributed by atoms with E-state index in [1.807, 2.05) is 0 Å². The quantitative estimate of drug-likeness (QED) is 0.179. The van der Waals surface area contributed by atoms with Gasteiger partial charge in [-0.3, -0.25) is 4.79 Å². The van der Waals surface area contributed by atoms with E-state index in [4.69, 9.17) is 0 Å². The number of hydrogen-bond acceptors (Lipinski definition) is 3. The van der Waals surface area contributed by atoms with Crippen molar-refractivity contribution in [3.05, 3.63) is 12.2 Å². The van der Waals surface area contributed by atoms with Gasteiger partial charge in [-0.2, -0.15) is 0 Å². The standard InChI is InChI=1S/C4H5NO3.Na/c1-2(3(5)6)4(7)8;/h1H2,(H2,5,6)(H,7,8);/q;+1/p-1. The van der Waals surface area contributed by atoms with Gasteiger partial charge in [0, 0.05) is 0 Å². The maximum atomic E-state index is 9.84. The van der Waals surface area contributed by atoms with E-state index in [9.17, 15) is 14.7 Å². The second-order valence-electron chi connectivity index (χ2n) is 1.13. The van der Waals surface area contributed by atoms with Crippen LogP contribution in [0.4, 0.5) is 0 Å². The molecule has 0 radical (unpaired) electrons. The summed E-state index contributed by atoms with van der Waals surface area (Å²) >= 11 is 0. The van der Waals surface area contributed by atoms with Gasteiger partial charge >= 0.3 is 29.6 Å². The predicted molar refractivity (Wildman–Crippen MR) is 23.3 cm³/mol. The molecule has 44 valence electrons. The van der Waals surface area contributed by atoms with Crippen LogP contribution >= 0.6 is 0 Å². The molecule has 5 heteroatoms. The Labute approximate surface area is 74.0 Å². The van der Waals surface area contributed by atoms with Crippen LogP contribution in [0, 0.1) is 0 Å². The van der Waals surface area contributed by atoms with Crippen LogP contribution in [-0.2, 0) is 9.59 Å². The predicted octanol–water partition coefficient (Wildman–Crippen LogP) is -5.22. The normalized spacial score (nSPS) is 7.11. The zero-order chi connectivity index (χ0) is 6.73. The minimum Gasteiger partial charge on any atom is -0.545 e. The van der Waals surface area contributed by atoms with E-state index in [1.165, 1.54) is 0 Å². The minimum atomic E-state index is -1.63. The van der Waals surface area contributed by atoms with Crippen molar-refractivity contribution in [2.75, 3.05) is 0 Å². The Balaban J connectivity index is 0. The maximum Gasteiger partial charge on any atom is 1.00 e.